The Morgan fingerprint density at radius 3 is 1.66 bits per heavy atom. The molecule has 0 fully saturated rings. The maximum absolute atomic E-state index is 5.28. The van der Waals surface area contributed by atoms with Gasteiger partial charge in [0.15, 0.2) is 5.82 Å². The van der Waals surface area contributed by atoms with Crippen molar-refractivity contribution < 1.29 is 0 Å². The third kappa shape index (κ3) is 2.83. The molecule has 0 unspecified atom stereocenters. The summed E-state index contributed by atoms with van der Waals surface area (Å²) in [4.78, 5) is 10.5. The fraction of sp³-hybridized carbons (Fsp3) is 0.0909. The van der Waals surface area contributed by atoms with E-state index in [2.05, 4.69) is 117 Å². The molecule has 35 heavy (non-hydrogen) atoms. The lowest BCUT2D eigenvalue weighted by atomic mass is 9.81. The molecular formula is C33H24N2. The molecule has 0 spiro atoms. The summed E-state index contributed by atoms with van der Waals surface area (Å²) >= 11 is 0. The zero-order valence-electron chi connectivity index (χ0n) is 19.8. The topological polar surface area (TPSA) is 25.8 Å². The van der Waals surface area contributed by atoms with E-state index in [0.717, 1.165) is 33.9 Å². The molecule has 1 aromatic heterocycles. The number of nitrogens with zero attached hydrogens (tertiary/aromatic N) is 2. The third-order valence-electron chi connectivity index (χ3n) is 7.39. The van der Waals surface area contributed by atoms with Gasteiger partial charge in [0.2, 0.25) is 0 Å². The average Bonchev–Trinajstić information content (AvgIpc) is 3.16. The second-order valence-corrected chi connectivity index (χ2v) is 9.82. The van der Waals surface area contributed by atoms with Gasteiger partial charge in [-0.1, -0.05) is 123 Å². The first-order valence-electron chi connectivity index (χ1n) is 12.1. The van der Waals surface area contributed by atoms with Gasteiger partial charge in [-0.2, -0.15) is 0 Å². The third-order valence-corrected chi connectivity index (χ3v) is 7.39. The van der Waals surface area contributed by atoms with E-state index in [4.69, 9.17) is 9.97 Å². The SMILES string of the molecule is CC1(C)c2nc(-c3ccccc3)nc(-c3ccccc3)c2-c2c1c1ccccc1c1ccccc21. The molecule has 0 amide bonds. The Bertz CT molecular complexity index is 1750. The molecule has 0 N–H and O–H groups in total. The van der Waals surface area contributed by atoms with Crippen molar-refractivity contribution in [1.29, 1.82) is 0 Å². The van der Waals surface area contributed by atoms with Crippen molar-refractivity contribution in [3.8, 4) is 33.8 Å². The summed E-state index contributed by atoms with van der Waals surface area (Å²) in [7, 11) is 0. The van der Waals surface area contributed by atoms with Crippen LogP contribution in [-0.2, 0) is 5.41 Å². The highest BCUT2D eigenvalue weighted by atomic mass is 14.9. The van der Waals surface area contributed by atoms with Crippen LogP contribution in [0.15, 0.2) is 109 Å². The van der Waals surface area contributed by atoms with E-state index in [1.165, 1.54) is 32.7 Å². The lowest BCUT2D eigenvalue weighted by Gasteiger charge is -2.23. The maximum Gasteiger partial charge on any atom is 0.160 e. The van der Waals surface area contributed by atoms with Gasteiger partial charge in [0, 0.05) is 22.1 Å². The first-order valence-corrected chi connectivity index (χ1v) is 12.1. The number of fused-ring (bicyclic) bond motifs is 8. The molecule has 6 aromatic rings. The minimum absolute atomic E-state index is 0.274. The molecule has 5 aromatic carbocycles. The Balaban J connectivity index is 1.69. The van der Waals surface area contributed by atoms with E-state index in [-0.39, 0.29) is 5.41 Å². The lowest BCUT2D eigenvalue weighted by molar-refractivity contribution is 0.641. The second-order valence-electron chi connectivity index (χ2n) is 9.82. The van der Waals surface area contributed by atoms with Crippen LogP contribution in [0, 0.1) is 0 Å². The number of hydrogen-bond acceptors (Lipinski definition) is 2. The summed E-state index contributed by atoms with van der Waals surface area (Å²) in [5.74, 6) is 0.776. The van der Waals surface area contributed by atoms with Crippen molar-refractivity contribution in [3.63, 3.8) is 0 Å². The van der Waals surface area contributed by atoms with Gasteiger partial charge < -0.3 is 0 Å². The highest BCUT2D eigenvalue weighted by molar-refractivity contribution is 6.19. The van der Waals surface area contributed by atoms with Crippen LogP contribution in [0.5, 0.6) is 0 Å². The minimum atomic E-state index is -0.274. The lowest BCUT2D eigenvalue weighted by Crippen LogP contribution is -2.18. The Morgan fingerprint density at radius 1 is 0.486 bits per heavy atom. The van der Waals surface area contributed by atoms with Crippen LogP contribution in [0.4, 0.5) is 0 Å². The zero-order valence-corrected chi connectivity index (χ0v) is 19.8. The van der Waals surface area contributed by atoms with Gasteiger partial charge in [0.1, 0.15) is 0 Å². The maximum atomic E-state index is 5.28. The number of rotatable bonds is 2. The second kappa shape index (κ2) is 7.35. The summed E-state index contributed by atoms with van der Waals surface area (Å²) in [6.45, 7) is 4.63. The average molecular weight is 449 g/mol. The smallest absolute Gasteiger partial charge is 0.160 e. The van der Waals surface area contributed by atoms with Gasteiger partial charge in [0.25, 0.3) is 0 Å². The van der Waals surface area contributed by atoms with Crippen LogP contribution >= 0.6 is 0 Å². The van der Waals surface area contributed by atoms with Crippen LogP contribution < -0.4 is 0 Å². The summed E-state index contributed by atoms with van der Waals surface area (Å²) in [6.07, 6.45) is 0. The van der Waals surface area contributed by atoms with Crippen molar-refractivity contribution >= 4 is 21.5 Å². The normalized spacial score (nSPS) is 13.7. The van der Waals surface area contributed by atoms with Gasteiger partial charge in [-0.3, -0.25) is 0 Å². The van der Waals surface area contributed by atoms with Gasteiger partial charge in [0.05, 0.1) is 11.4 Å². The predicted octanol–water partition coefficient (Wildman–Crippen LogP) is 8.42. The molecule has 1 aliphatic carbocycles. The highest BCUT2D eigenvalue weighted by Crippen LogP contribution is 2.56. The monoisotopic (exact) mass is 448 g/mol. The molecule has 1 heterocycles. The van der Waals surface area contributed by atoms with Crippen molar-refractivity contribution in [1.82, 2.24) is 9.97 Å². The molecule has 0 saturated carbocycles. The van der Waals surface area contributed by atoms with E-state index >= 15 is 0 Å². The fourth-order valence-corrected chi connectivity index (χ4v) is 5.84. The Morgan fingerprint density at radius 2 is 1.00 bits per heavy atom. The summed E-state index contributed by atoms with van der Waals surface area (Å²) in [6, 6.07) is 38.4. The number of benzene rings is 5. The first kappa shape index (κ1) is 20.1. The highest BCUT2D eigenvalue weighted by Gasteiger charge is 2.42. The van der Waals surface area contributed by atoms with Crippen LogP contribution in [-0.4, -0.2) is 9.97 Å². The van der Waals surface area contributed by atoms with E-state index in [0.29, 0.717) is 0 Å². The van der Waals surface area contributed by atoms with E-state index in [9.17, 15) is 0 Å². The van der Waals surface area contributed by atoms with Crippen LogP contribution in [0.2, 0.25) is 0 Å². The summed E-state index contributed by atoms with van der Waals surface area (Å²) in [5, 5.41) is 5.13. The van der Waals surface area contributed by atoms with Gasteiger partial charge in [-0.25, -0.2) is 9.97 Å². The van der Waals surface area contributed by atoms with Gasteiger partial charge >= 0.3 is 0 Å². The summed E-state index contributed by atoms with van der Waals surface area (Å²) in [5.41, 5.74) is 7.76. The Kier molecular flexibility index (Phi) is 4.22. The fourth-order valence-electron chi connectivity index (χ4n) is 5.84. The van der Waals surface area contributed by atoms with Crippen molar-refractivity contribution in [2.24, 2.45) is 0 Å². The Labute approximate surface area is 204 Å². The molecule has 1 aliphatic rings. The molecule has 0 aliphatic heterocycles. The van der Waals surface area contributed by atoms with E-state index in [1.54, 1.807) is 0 Å². The molecule has 0 bridgehead atoms. The van der Waals surface area contributed by atoms with Crippen LogP contribution in [0.25, 0.3) is 55.3 Å². The van der Waals surface area contributed by atoms with Crippen LogP contribution in [0.3, 0.4) is 0 Å². The van der Waals surface area contributed by atoms with Crippen molar-refractivity contribution in [3.05, 3.63) is 120 Å². The van der Waals surface area contributed by atoms with Crippen molar-refractivity contribution in [2.75, 3.05) is 0 Å². The molecule has 2 heteroatoms. The minimum Gasteiger partial charge on any atom is -0.231 e. The van der Waals surface area contributed by atoms with E-state index < -0.39 is 0 Å². The van der Waals surface area contributed by atoms with Gasteiger partial charge in [-0.15, -0.1) is 0 Å². The molecular weight excluding hydrogens is 424 g/mol. The molecule has 0 radical (unpaired) electrons. The molecule has 7 rings (SSSR count). The molecule has 0 atom stereocenters. The number of aromatic nitrogens is 2. The Hall–Kier alpha value is -4.30. The van der Waals surface area contributed by atoms with Crippen molar-refractivity contribution in [2.45, 2.75) is 19.3 Å². The molecule has 2 nitrogen and oxygen atoms in total. The quantitative estimate of drug-likeness (QED) is 0.248. The van der Waals surface area contributed by atoms with E-state index in [1.807, 2.05) is 6.07 Å². The first-order chi connectivity index (χ1) is 17.1. The number of hydrogen-bond donors (Lipinski definition) is 0. The molecule has 0 saturated heterocycles. The standard InChI is InChI=1S/C33H24N2/c1-33(2)29-26-20-12-10-18-24(26)23-17-9-11-19-25(23)27(29)28-30(21-13-5-3-6-14-21)34-32(35-31(28)33)22-15-7-4-8-16-22/h3-20H,1-2H3. The molecule has 166 valence electrons. The van der Waals surface area contributed by atoms with Gasteiger partial charge in [-0.05, 0) is 32.7 Å². The predicted molar refractivity (Wildman–Crippen MR) is 145 cm³/mol. The zero-order chi connectivity index (χ0) is 23.6. The summed E-state index contributed by atoms with van der Waals surface area (Å²) < 4.78 is 0. The largest absolute Gasteiger partial charge is 0.231 e. The van der Waals surface area contributed by atoms with Crippen LogP contribution in [0.1, 0.15) is 25.1 Å².